The van der Waals surface area contributed by atoms with Crippen molar-refractivity contribution in [1.29, 1.82) is 0 Å². The van der Waals surface area contributed by atoms with Crippen molar-refractivity contribution in [3.63, 3.8) is 0 Å². The van der Waals surface area contributed by atoms with Crippen LogP contribution in [0.25, 0.3) is 17.7 Å². The van der Waals surface area contributed by atoms with Crippen LogP contribution in [0.2, 0.25) is 0 Å². The standard InChI is InChI=1S/C21H12O/c1-3-7-15-14(6-1)11-17-16(15)12-20-21(22-20)18-8-4-2-5-13(18)9-10-19(17)21/h1-12H. The van der Waals surface area contributed by atoms with Crippen molar-refractivity contribution in [2.75, 3.05) is 0 Å². The van der Waals surface area contributed by atoms with Crippen molar-refractivity contribution >= 4 is 17.7 Å². The van der Waals surface area contributed by atoms with Crippen LogP contribution in [0.15, 0.2) is 77.6 Å². The van der Waals surface area contributed by atoms with Gasteiger partial charge in [0, 0.05) is 11.1 Å². The van der Waals surface area contributed by atoms with Crippen LogP contribution in [-0.4, -0.2) is 0 Å². The average molecular weight is 280 g/mol. The van der Waals surface area contributed by atoms with Gasteiger partial charge in [-0.25, -0.2) is 0 Å². The van der Waals surface area contributed by atoms with E-state index in [2.05, 4.69) is 72.8 Å². The molecule has 2 aromatic rings. The molecule has 1 saturated heterocycles. The van der Waals surface area contributed by atoms with Crippen molar-refractivity contribution in [1.82, 2.24) is 0 Å². The van der Waals surface area contributed by atoms with E-state index in [1.165, 1.54) is 38.3 Å². The molecule has 1 atom stereocenters. The molecule has 0 bridgehead atoms. The maximum atomic E-state index is 6.16. The van der Waals surface area contributed by atoms with Crippen molar-refractivity contribution in [3.8, 4) is 0 Å². The molecule has 1 spiro atoms. The highest BCUT2D eigenvalue weighted by atomic mass is 16.6. The van der Waals surface area contributed by atoms with Gasteiger partial charge in [-0.1, -0.05) is 60.7 Å². The molecule has 4 aliphatic rings. The molecular weight excluding hydrogens is 268 g/mol. The van der Waals surface area contributed by atoms with Gasteiger partial charge < -0.3 is 4.74 Å². The van der Waals surface area contributed by atoms with Crippen LogP contribution in [0.4, 0.5) is 0 Å². The van der Waals surface area contributed by atoms with Crippen LogP contribution >= 0.6 is 0 Å². The Labute approximate surface area is 127 Å². The largest absolute Gasteiger partial charge is 0.469 e. The third-order valence-corrected chi connectivity index (χ3v) is 5.12. The first-order valence-electron chi connectivity index (χ1n) is 7.63. The second-order valence-electron chi connectivity index (χ2n) is 6.19. The lowest BCUT2D eigenvalue weighted by Crippen LogP contribution is -2.22. The van der Waals surface area contributed by atoms with Crippen LogP contribution in [-0.2, 0) is 10.3 Å². The fraction of sp³-hybridized carbons (Fsp3) is 0.0476. The van der Waals surface area contributed by atoms with Gasteiger partial charge >= 0.3 is 0 Å². The maximum absolute atomic E-state index is 6.16. The van der Waals surface area contributed by atoms with E-state index in [9.17, 15) is 0 Å². The molecule has 0 aromatic heterocycles. The Hall–Kier alpha value is -2.80. The number of fused-ring (bicyclic) bond motifs is 3. The molecule has 1 aliphatic heterocycles. The first kappa shape index (κ1) is 10.9. The van der Waals surface area contributed by atoms with Gasteiger partial charge in [0.2, 0.25) is 5.60 Å². The molecule has 1 nitrogen and oxygen atoms in total. The Morgan fingerprint density at radius 3 is 2.64 bits per heavy atom. The zero-order chi connectivity index (χ0) is 14.3. The SMILES string of the molecule is C1=Cc2ccccc2C23OC2=CC2=c4ccccc4=CC2=C13. The normalized spacial score (nSPS) is 25.1. The van der Waals surface area contributed by atoms with E-state index in [4.69, 9.17) is 4.74 Å². The van der Waals surface area contributed by atoms with Crippen LogP contribution in [0.3, 0.4) is 0 Å². The van der Waals surface area contributed by atoms with Crippen LogP contribution in [0.1, 0.15) is 11.1 Å². The lowest BCUT2D eigenvalue weighted by molar-refractivity contribution is 0.357. The Bertz CT molecular complexity index is 1090. The van der Waals surface area contributed by atoms with E-state index in [1.807, 2.05) is 0 Å². The van der Waals surface area contributed by atoms with Crippen LogP contribution < -0.4 is 10.4 Å². The summed E-state index contributed by atoms with van der Waals surface area (Å²) in [4.78, 5) is 0. The zero-order valence-electron chi connectivity index (χ0n) is 11.8. The van der Waals surface area contributed by atoms with E-state index in [0.717, 1.165) is 5.76 Å². The molecule has 102 valence electrons. The van der Waals surface area contributed by atoms with E-state index < -0.39 is 0 Å². The van der Waals surface area contributed by atoms with Gasteiger partial charge in [0.1, 0.15) is 0 Å². The number of benzene rings is 2. The highest BCUT2D eigenvalue weighted by molar-refractivity contribution is 5.95. The fourth-order valence-corrected chi connectivity index (χ4v) is 4.08. The van der Waals surface area contributed by atoms with Crippen molar-refractivity contribution < 1.29 is 4.74 Å². The first-order chi connectivity index (χ1) is 10.9. The lowest BCUT2D eigenvalue weighted by Gasteiger charge is -2.23. The molecule has 1 fully saturated rings. The molecule has 1 heteroatoms. The van der Waals surface area contributed by atoms with Crippen molar-refractivity contribution in [2.45, 2.75) is 5.60 Å². The summed E-state index contributed by atoms with van der Waals surface area (Å²) in [7, 11) is 0. The minimum absolute atomic E-state index is 0.317. The third kappa shape index (κ3) is 1.06. The Balaban J connectivity index is 1.75. The molecule has 0 N–H and O–H groups in total. The number of ether oxygens (including phenoxy) is 1. The molecule has 1 heterocycles. The topological polar surface area (TPSA) is 12.5 Å². The molecule has 22 heavy (non-hydrogen) atoms. The second kappa shape index (κ2) is 3.33. The molecule has 0 amide bonds. The third-order valence-electron chi connectivity index (χ3n) is 5.12. The number of hydrogen-bond acceptors (Lipinski definition) is 1. The summed E-state index contributed by atoms with van der Waals surface area (Å²) in [6, 6.07) is 17.1. The highest BCUT2D eigenvalue weighted by Crippen LogP contribution is 2.62. The van der Waals surface area contributed by atoms with E-state index in [0.29, 0.717) is 0 Å². The maximum Gasteiger partial charge on any atom is 0.216 e. The Morgan fingerprint density at radius 1 is 0.773 bits per heavy atom. The fourth-order valence-electron chi connectivity index (χ4n) is 4.08. The number of rotatable bonds is 0. The van der Waals surface area contributed by atoms with Gasteiger partial charge in [-0.15, -0.1) is 0 Å². The summed E-state index contributed by atoms with van der Waals surface area (Å²) in [5.74, 6) is 1.09. The molecule has 0 radical (unpaired) electrons. The summed E-state index contributed by atoms with van der Waals surface area (Å²) in [6.45, 7) is 0. The summed E-state index contributed by atoms with van der Waals surface area (Å²) in [5.41, 5.74) is 6.12. The Kier molecular flexibility index (Phi) is 1.64. The minimum Gasteiger partial charge on any atom is -0.469 e. The molecule has 2 aromatic carbocycles. The summed E-state index contributed by atoms with van der Waals surface area (Å²) in [6.07, 6.45) is 8.98. The smallest absolute Gasteiger partial charge is 0.216 e. The lowest BCUT2D eigenvalue weighted by atomic mass is 9.76. The van der Waals surface area contributed by atoms with E-state index >= 15 is 0 Å². The van der Waals surface area contributed by atoms with Gasteiger partial charge in [0.25, 0.3) is 0 Å². The monoisotopic (exact) mass is 280 g/mol. The quantitative estimate of drug-likeness (QED) is 0.676. The average Bonchev–Trinajstić information content (AvgIpc) is 3.17. The van der Waals surface area contributed by atoms with Crippen molar-refractivity contribution in [2.24, 2.45) is 0 Å². The first-order valence-corrected chi connectivity index (χ1v) is 7.63. The number of epoxide rings is 1. The molecule has 6 rings (SSSR count). The number of allylic oxidation sites excluding steroid dienone is 2. The van der Waals surface area contributed by atoms with Gasteiger partial charge in [-0.2, -0.15) is 0 Å². The molecular formula is C21H12O. The van der Waals surface area contributed by atoms with Gasteiger partial charge in [-0.05, 0) is 39.3 Å². The number of hydrogen-bond donors (Lipinski definition) is 0. The predicted octanol–water partition coefficient (Wildman–Crippen LogP) is 2.78. The Morgan fingerprint density at radius 2 is 1.64 bits per heavy atom. The molecule has 0 saturated carbocycles. The summed E-state index contributed by atoms with van der Waals surface area (Å²) < 4.78 is 6.16. The molecule has 1 unspecified atom stereocenters. The summed E-state index contributed by atoms with van der Waals surface area (Å²) >= 11 is 0. The molecule has 3 aliphatic carbocycles. The van der Waals surface area contributed by atoms with Crippen LogP contribution in [0, 0.1) is 0 Å². The summed E-state index contributed by atoms with van der Waals surface area (Å²) in [5, 5.41) is 2.62. The van der Waals surface area contributed by atoms with Gasteiger partial charge in [0.15, 0.2) is 5.76 Å². The predicted molar refractivity (Wildman–Crippen MR) is 86.9 cm³/mol. The zero-order valence-corrected chi connectivity index (χ0v) is 11.8. The highest BCUT2D eigenvalue weighted by Gasteiger charge is 2.61. The second-order valence-corrected chi connectivity index (χ2v) is 6.19. The van der Waals surface area contributed by atoms with E-state index in [1.54, 1.807) is 0 Å². The van der Waals surface area contributed by atoms with Gasteiger partial charge in [0.05, 0.1) is 0 Å². The van der Waals surface area contributed by atoms with Gasteiger partial charge in [-0.3, -0.25) is 0 Å². The van der Waals surface area contributed by atoms with E-state index in [-0.39, 0.29) is 5.60 Å². The minimum atomic E-state index is -0.317. The van der Waals surface area contributed by atoms with Crippen LogP contribution in [0.5, 0.6) is 0 Å². The van der Waals surface area contributed by atoms with Crippen molar-refractivity contribution in [3.05, 3.63) is 99.2 Å².